The molecular formula is C28H28N4O3S2. The lowest BCUT2D eigenvalue weighted by molar-refractivity contribution is 0.102. The quantitative estimate of drug-likeness (QED) is 0.226. The summed E-state index contributed by atoms with van der Waals surface area (Å²) in [4.78, 5) is 13.2. The molecule has 0 unspecified atom stereocenters. The summed E-state index contributed by atoms with van der Waals surface area (Å²) in [5.74, 6) is 0.735. The number of aryl methyl sites for hydroxylation is 2. The number of aromatic nitrogens is 3. The predicted molar refractivity (Wildman–Crippen MR) is 146 cm³/mol. The van der Waals surface area contributed by atoms with Crippen molar-refractivity contribution >= 4 is 27.6 Å². The Morgan fingerprint density at radius 2 is 1.65 bits per heavy atom. The second-order valence-electron chi connectivity index (χ2n) is 9.13. The van der Waals surface area contributed by atoms with E-state index in [1.807, 2.05) is 73.0 Å². The largest absolute Gasteiger partial charge is 0.293 e. The lowest BCUT2D eigenvalue weighted by atomic mass is 10.0. The first-order valence-electron chi connectivity index (χ1n) is 12.2. The Balaban J connectivity index is 1.49. The third kappa shape index (κ3) is 5.25. The normalized spacial score (nSPS) is 14.2. The first-order valence-corrected chi connectivity index (χ1v) is 14.6. The molecule has 37 heavy (non-hydrogen) atoms. The van der Waals surface area contributed by atoms with E-state index >= 15 is 0 Å². The number of thioether (sulfide) groups is 1. The summed E-state index contributed by atoms with van der Waals surface area (Å²) in [6.07, 6.45) is 1.76. The number of carbonyl (C=O) groups excluding carboxylic acids is 1. The molecule has 7 nitrogen and oxygen atoms in total. The average Bonchev–Trinajstić information content (AvgIpc) is 3.60. The van der Waals surface area contributed by atoms with Crippen molar-refractivity contribution in [3.8, 4) is 17.1 Å². The average molecular weight is 533 g/mol. The summed E-state index contributed by atoms with van der Waals surface area (Å²) in [5, 5.41) is 9.39. The molecule has 1 saturated heterocycles. The van der Waals surface area contributed by atoms with E-state index in [2.05, 4.69) is 10.2 Å². The first kappa shape index (κ1) is 25.4. The van der Waals surface area contributed by atoms with Crippen LogP contribution in [0.4, 0.5) is 0 Å². The molecule has 190 valence electrons. The van der Waals surface area contributed by atoms with E-state index in [0.29, 0.717) is 35.2 Å². The minimum atomic E-state index is -3.57. The summed E-state index contributed by atoms with van der Waals surface area (Å²) >= 11 is 1.31. The van der Waals surface area contributed by atoms with Crippen molar-refractivity contribution < 1.29 is 13.2 Å². The van der Waals surface area contributed by atoms with Gasteiger partial charge in [-0.05, 0) is 68.1 Å². The molecule has 1 aliphatic heterocycles. The van der Waals surface area contributed by atoms with Crippen LogP contribution in [0.5, 0.6) is 0 Å². The third-order valence-electron chi connectivity index (χ3n) is 6.60. The molecule has 1 fully saturated rings. The number of benzene rings is 3. The third-order valence-corrected chi connectivity index (χ3v) is 9.43. The second kappa shape index (κ2) is 10.6. The molecule has 0 aliphatic carbocycles. The Labute approximate surface area is 221 Å². The number of para-hydroxylation sites is 1. The van der Waals surface area contributed by atoms with E-state index in [1.165, 1.54) is 16.1 Å². The highest BCUT2D eigenvalue weighted by molar-refractivity contribution is 7.99. The second-order valence-corrected chi connectivity index (χ2v) is 12.0. The zero-order valence-electron chi connectivity index (χ0n) is 20.8. The van der Waals surface area contributed by atoms with Crippen LogP contribution in [0.15, 0.2) is 82.8 Å². The fraction of sp³-hybridized carbons (Fsp3) is 0.250. The number of hydrogen-bond acceptors (Lipinski definition) is 6. The van der Waals surface area contributed by atoms with Gasteiger partial charge in [0.1, 0.15) is 0 Å². The van der Waals surface area contributed by atoms with Crippen molar-refractivity contribution in [1.82, 2.24) is 19.1 Å². The Bertz CT molecular complexity index is 1540. The predicted octanol–water partition coefficient (Wildman–Crippen LogP) is 5.31. The smallest absolute Gasteiger partial charge is 0.243 e. The highest BCUT2D eigenvalue weighted by Gasteiger charge is 2.28. The first-order chi connectivity index (χ1) is 17.8. The van der Waals surface area contributed by atoms with Crippen LogP contribution in [-0.2, 0) is 10.0 Å². The van der Waals surface area contributed by atoms with Gasteiger partial charge in [0.2, 0.25) is 10.0 Å². The van der Waals surface area contributed by atoms with Crippen molar-refractivity contribution in [3.05, 3.63) is 89.5 Å². The molecular weight excluding hydrogens is 504 g/mol. The van der Waals surface area contributed by atoms with Gasteiger partial charge in [-0.1, -0.05) is 54.2 Å². The molecule has 0 saturated carbocycles. The highest BCUT2D eigenvalue weighted by Crippen LogP contribution is 2.31. The van der Waals surface area contributed by atoms with E-state index in [1.54, 1.807) is 18.2 Å². The SMILES string of the molecule is Cc1ccc(C(=O)CSc2nnc(-c3cccc(S(=O)(=O)N4CCCC4)c3)n2-c2ccccc2)cc1C. The van der Waals surface area contributed by atoms with Crippen molar-refractivity contribution in [2.45, 2.75) is 36.7 Å². The lowest BCUT2D eigenvalue weighted by Crippen LogP contribution is -2.27. The van der Waals surface area contributed by atoms with Gasteiger partial charge in [-0.15, -0.1) is 10.2 Å². The van der Waals surface area contributed by atoms with Gasteiger partial charge in [-0.2, -0.15) is 4.31 Å². The molecule has 5 rings (SSSR count). The van der Waals surface area contributed by atoms with Crippen LogP contribution < -0.4 is 0 Å². The lowest BCUT2D eigenvalue weighted by Gasteiger charge is -2.16. The molecule has 0 amide bonds. The molecule has 9 heteroatoms. The number of sulfonamides is 1. The zero-order chi connectivity index (χ0) is 26.0. The number of Topliss-reactive ketones (excluding diaryl/α,β-unsaturated/α-hetero) is 1. The zero-order valence-corrected chi connectivity index (χ0v) is 22.4. The molecule has 1 aliphatic rings. The van der Waals surface area contributed by atoms with Gasteiger partial charge in [0.15, 0.2) is 16.8 Å². The van der Waals surface area contributed by atoms with Gasteiger partial charge in [0.05, 0.1) is 10.6 Å². The Kier molecular flexibility index (Phi) is 7.28. The minimum Gasteiger partial charge on any atom is -0.293 e. The van der Waals surface area contributed by atoms with E-state index in [4.69, 9.17) is 0 Å². The Morgan fingerprint density at radius 3 is 2.38 bits per heavy atom. The molecule has 0 radical (unpaired) electrons. The van der Waals surface area contributed by atoms with E-state index in [0.717, 1.165) is 29.7 Å². The van der Waals surface area contributed by atoms with Gasteiger partial charge in [-0.25, -0.2) is 8.42 Å². The molecule has 1 aromatic heterocycles. The fourth-order valence-electron chi connectivity index (χ4n) is 4.36. The number of nitrogens with zero attached hydrogens (tertiary/aromatic N) is 4. The monoisotopic (exact) mass is 532 g/mol. The van der Waals surface area contributed by atoms with E-state index in [-0.39, 0.29) is 16.4 Å². The van der Waals surface area contributed by atoms with Crippen molar-refractivity contribution in [2.24, 2.45) is 0 Å². The van der Waals surface area contributed by atoms with Gasteiger partial charge in [-0.3, -0.25) is 9.36 Å². The molecule has 4 aromatic rings. The summed E-state index contributed by atoms with van der Waals surface area (Å²) < 4.78 is 29.8. The van der Waals surface area contributed by atoms with Crippen molar-refractivity contribution in [1.29, 1.82) is 0 Å². The van der Waals surface area contributed by atoms with Gasteiger partial charge < -0.3 is 0 Å². The van der Waals surface area contributed by atoms with Crippen LogP contribution in [0.2, 0.25) is 0 Å². The van der Waals surface area contributed by atoms with Gasteiger partial charge in [0.25, 0.3) is 0 Å². The summed E-state index contributed by atoms with van der Waals surface area (Å²) in [7, 11) is -3.57. The van der Waals surface area contributed by atoms with Gasteiger partial charge in [0, 0.05) is 29.9 Å². The number of hydrogen-bond donors (Lipinski definition) is 0. The molecule has 0 atom stereocenters. The maximum absolute atomic E-state index is 13.2. The van der Waals surface area contributed by atoms with Crippen LogP contribution in [0.3, 0.4) is 0 Å². The molecule has 3 aromatic carbocycles. The van der Waals surface area contributed by atoms with E-state index in [9.17, 15) is 13.2 Å². The van der Waals surface area contributed by atoms with Crippen LogP contribution in [0, 0.1) is 13.8 Å². The van der Waals surface area contributed by atoms with Crippen LogP contribution in [0.25, 0.3) is 17.1 Å². The summed E-state index contributed by atoms with van der Waals surface area (Å²) in [6, 6.07) is 22.2. The summed E-state index contributed by atoms with van der Waals surface area (Å²) in [6.45, 7) is 5.10. The number of carbonyl (C=O) groups is 1. The Morgan fingerprint density at radius 1 is 0.892 bits per heavy atom. The van der Waals surface area contributed by atoms with Crippen molar-refractivity contribution in [2.75, 3.05) is 18.8 Å². The standard InChI is InChI=1S/C28H28N4O3S2/c1-20-13-14-22(17-21(20)2)26(33)19-36-28-30-29-27(32(28)24-10-4-3-5-11-24)23-9-8-12-25(18-23)37(34,35)31-15-6-7-16-31/h3-5,8-14,17-18H,6-7,15-16,19H2,1-2H3. The Hall–Kier alpha value is -3.27. The maximum Gasteiger partial charge on any atom is 0.243 e. The van der Waals surface area contributed by atoms with Gasteiger partial charge >= 0.3 is 0 Å². The topological polar surface area (TPSA) is 85.2 Å². The number of rotatable bonds is 8. The maximum atomic E-state index is 13.2. The fourth-order valence-corrected chi connectivity index (χ4v) is 6.77. The molecule has 2 heterocycles. The molecule has 0 bridgehead atoms. The van der Waals surface area contributed by atoms with Crippen LogP contribution in [0.1, 0.15) is 34.3 Å². The molecule has 0 spiro atoms. The van der Waals surface area contributed by atoms with E-state index < -0.39 is 10.0 Å². The molecule has 0 N–H and O–H groups in total. The number of ketones is 1. The highest BCUT2D eigenvalue weighted by atomic mass is 32.2. The minimum absolute atomic E-state index is 0.0102. The van der Waals surface area contributed by atoms with Crippen molar-refractivity contribution in [3.63, 3.8) is 0 Å². The van der Waals surface area contributed by atoms with Crippen LogP contribution in [-0.4, -0.2) is 52.1 Å². The summed E-state index contributed by atoms with van der Waals surface area (Å²) in [5.41, 5.74) is 4.36. The van der Waals surface area contributed by atoms with Crippen LogP contribution >= 0.6 is 11.8 Å².